The van der Waals surface area contributed by atoms with E-state index in [2.05, 4.69) is 10.4 Å². The lowest BCUT2D eigenvalue weighted by Crippen LogP contribution is -2.19. The van der Waals surface area contributed by atoms with Crippen molar-refractivity contribution >= 4 is 11.6 Å². The van der Waals surface area contributed by atoms with E-state index in [0.29, 0.717) is 17.9 Å². The second kappa shape index (κ2) is 8.61. The summed E-state index contributed by atoms with van der Waals surface area (Å²) in [6, 6.07) is 13.6. The Morgan fingerprint density at radius 1 is 1.10 bits per heavy atom. The number of aryl methyl sites for hydroxylation is 2. The van der Waals surface area contributed by atoms with E-state index in [0.717, 1.165) is 16.8 Å². The molecule has 0 fully saturated rings. The molecule has 8 heteroatoms. The quantitative estimate of drug-likeness (QED) is 0.611. The first-order valence-corrected chi connectivity index (χ1v) is 9.33. The number of alkyl halides is 3. The third-order valence-electron chi connectivity index (χ3n) is 4.70. The Balaban J connectivity index is 1.76. The molecule has 30 heavy (non-hydrogen) atoms. The minimum atomic E-state index is -4.45. The SMILES string of the molecule is Cc1ccccc1Cn1nc(C)c(NC(=O)c2cccc(OCC(F)(F)F)c2)c1C. The normalized spacial score (nSPS) is 11.4. The van der Waals surface area contributed by atoms with Crippen LogP contribution < -0.4 is 10.1 Å². The molecule has 0 aliphatic rings. The number of hydrogen-bond acceptors (Lipinski definition) is 3. The van der Waals surface area contributed by atoms with Gasteiger partial charge in [-0.15, -0.1) is 0 Å². The van der Waals surface area contributed by atoms with E-state index in [1.165, 1.54) is 24.3 Å². The molecule has 0 aliphatic carbocycles. The molecule has 1 amide bonds. The maximum Gasteiger partial charge on any atom is 0.422 e. The van der Waals surface area contributed by atoms with Crippen LogP contribution in [0.2, 0.25) is 0 Å². The highest BCUT2D eigenvalue weighted by molar-refractivity contribution is 6.05. The number of nitrogens with one attached hydrogen (secondary N) is 1. The zero-order valence-corrected chi connectivity index (χ0v) is 16.9. The lowest BCUT2D eigenvalue weighted by molar-refractivity contribution is -0.153. The van der Waals surface area contributed by atoms with Gasteiger partial charge in [0.05, 0.1) is 23.6 Å². The van der Waals surface area contributed by atoms with Gasteiger partial charge in [-0.25, -0.2) is 0 Å². The molecule has 1 N–H and O–H groups in total. The van der Waals surface area contributed by atoms with Crippen molar-refractivity contribution in [2.45, 2.75) is 33.5 Å². The van der Waals surface area contributed by atoms with Gasteiger partial charge in [-0.3, -0.25) is 9.48 Å². The first-order chi connectivity index (χ1) is 14.1. The van der Waals surface area contributed by atoms with E-state index in [-0.39, 0.29) is 11.3 Å². The molecular weight excluding hydrogens is 395 g/mol. The van der Waals surface area contributed by atoms with Gasteiger partial charge < -0.3 is 10.1 Å². The maximum absolute atomic E-state index is 12.7. The molecule has 1 heterocycles. The first kappa shape index (κ1) is 21.4. The number of carbonyl (C=O) groups excluding carboxylic acids is 1. The molecule has 0 saturated heterocycles. The Kier molecular flexibility index (Phi) is 6.14. The highest BCUT2D eigenvalue weighted by atomic mass is 19.4. The molecule has 3 aromatic rings. The molecule has 0 aliphatic heterocycles. The summed E-state index contributed by atoms with van der Waals surface area (Å²) in [6.45, 7) is 4.83. The van der Waals surface area contributed by atoms with Crippen LogP contribution in [0.3, 0.4) is 0 Å². The molecule has 0 atom stereocenters. The summed E-state index contributed by atoms with van der Waals surface area (Å²) in [6.07, 6.45) is -4.45. The van der Waals surface area contributed by atoms with Crippen molar-refractivity contribution in [3.63, 3.8) is 0 Å². The molecule has 0 bridgehead atoms. The smallest absolute Gasteiger partial charge is 0.422 e. The van der Waals surface area contributed by atoms with Crippen molar-refractivity contribution in [1.82, 2.24) is 9.78 Å². The summed E-state index contributed by atoms with van der Waals surface area (Å²) < 4.78 is 43.6. The Morgan fingerprint density at radius 2 is 1.83 bits per heavy atom. The number of benzene rings is 2. The fourth-order valence-corrected chi connectivity index (χ4v) is 3.06. The number of ether oxygens (including phenoxy) is 1. The van der Waals surface area contributed by atoms with Crippen molar-refractivity contribution < 1.29 is 22.7 Å². The summed E-state index contributed by atoms with van der Waals surface area (Å²) in [7, 11) is 0. The van der Waals surface area contributed by atoms with Gasteiger partial charge in [-0.2, -0.15) is 18.3 Å². The Labute approximate surface area is 172 Å². The summed E-state index contributed by atoms with van der Waals surface area (Å²) >= 11 is 0. The second-order valence-electron chi connectivity index (χ2n) is 7.02. The van der Waals surface area contributed by atoms with Crippen molar-refractivity contribution in [3.8, 4) is 5.75 Å². The largest absolute Gasteiger partial charge is 0.484 e. The van der Waals surface area contributed by atoms with Crippen LogP contribution in [0.4, 0.5) is 18.9 Å². The van der Waals surface area contributed by atoms with Crippen molar-refractivity contribution in [2.24, 2.45) is 0 Å². The number of hydrogen-bond donors (Lipinski definition) is 1. The van der Waals surface area contributed by atoms with Crippen LogP contribution in [0.25, 0.3) is 0 Å². The Hall–Kier alpha value is -3.29. The topological polar surface area (TPSA) is 56.2 Å². The minimum absolute atomic E-state index is 0.0244. The van der Waals surface area contributed by atoms with Gasteiger partial charge in [-0.1, -0.05) is 30.3 Å². The molecule has 5 nitrogen and oxygen atoms in total. The fraction of sp³-hybridized carbons (Fsp3) is 0.273. The molecule has 0 spiro atoms. The number of anilines is 1. The van der Waals surface area contributed by atoms with E-state index >= 15 is 0 Å². The summed E-state index contributed by atoms with van der Waals surface area (Å²) in [4.78, 5) is 12.7. The van der Waals surface area contributed by atoms with E-state index < -0.39 is 18.7 Å². The van der Waals surface area contributed by atoms with Crippen LogP contribution >= 0.6 is 0 Å². The number of nitrogens with zero attached hydrogens (tertiary/aromatic N) is 2. The van der Waals surface area contributed by atoms with E-state index in [4.69, 9.17) is 4.74 Å². The molecule has 2 aromatic carbocycles. The fourth-order valence-electron chi connectivity index (χ4n) is 3.06. The van der Waals surface area contributed by atoms with Gasteiger partial charge in [0.25, 0.3) is 5.91 Å². The Bertz CT molecular complexity index is 1060. The van der Waals surface area contributed by atoms with Crippen LogP contribution in [-0.4, -0.2) is 28.5 Å². The highest BCUT2D eigenvalue weighted by Gasteiger charge is 2.28. The van der Waals surface area contributed by atoms with E-state index in [1.54, 1.807) is 6.92 Å². The number of amides is 1. The standard InChI is InChI=1S/C22H22F3N3O2/c1-14-7-4-5-8-18(14)12-28-16(3)20(15(2)27-28)26-21(29)17-9-6-10-19(11-17)30-13-22(23,24)25/h4-11H,12-13H2,1-3H3,(H,26,29). The third kappa shape index (κ3) is 5.20. The molecule has 0 saturated carbocycles. The predicted octanol–water partition coefficient (Wildman–Crippen LogP) is 5.05. The van der Waals surface area contributed by atoms with Crippen LogP contribution in [0.15, 0.2) is 48.5 Å². The lowest BCUT2D eigenvalue weighted by Gasteiger charge is -2.11. The molecular formula is C22H22F3N3O2. The highest BCUT2D eigenvalue weighted by Crippen LogP contribution is 2.23. The molecule has 0 radical (unpaired) electrons. The van der Waals surface area contributed by atoms with Gasteiger partial charge >= 0.3 is 6.18 Å². The summed E-state index contributed by atoms with van der Waals surface area (Å²) in [5, 5.41) is 7.33. The van der Waals surface area contributed by atoms with Gasteiger partial charge in [0, 0.05) is 5.56 Å². The van der Waals surface area contributed by atoms with Gasteiger partial charge in [0.2, 0.25) is 0 Å². The molecule has 1 aromatic heterocycles. The van der Waals surface area contributed by atoms with Crippen molar-refractivity contribution in [2.75, 3.05) is 11.9 Å². The van der Waals surface area contributed by atoms with Crippen LogP contribution in [0.5, 0.6) is 5.75 Å². The molecule has 3 rings (SSSR count). The maximum atomic E-state index is 12.7. The summed E-state index contributed by atoms with van der Waals surface area (Å²) in [5.41, 5.74) is 4.48. The lowest BCUT2D eigenvalue weighted by atomic mass is 10.1. The van der Waals surface area contributed by atoms with Crippen LogP contribution in [0, 0.1) is 20.8 Å². The van der Waals surface area contributed by atoms with Crippen LogP contribution in [-0.2, 0) is 6.54 Å². The third-order valence-corrected chi connectivity index (χ3v) is 4.70. The second-order valence-corrected chi connectivity index (χ2v) is 7.02. The average Bonchev–Trinajstić information content (AvgIpc) is 2.95. The number of rotatable bonds is 6. The van der Waals surface area contributed by atoms with Gasteiger partial charge in [0.1, 0.15) is 5.75 Å². The number of halogens is 3. The zero-order valence-electron chi connectivity index (χ0n) is 16.9. The van der Waals surface area contributed by atoms with Crippen LogP contribution in [0.1, 0.15) is 32.9 Å². The predicted molar refractivity (Wildman–Crippen MR) is 108 cm³/mol. The number of aromatic nitrogens is 2. The minimum Gasteiger partial charge on any atom is -0.484 e. The first-order valence-electron chi connectivity index (χ1n) is 9.33. The number of carbonyl (C=O) groups is 1. The monoisotopic (exact) mass is 417 g/mol. The van der Waals surface area contributed by atoms with E-state index in [1.807, 2.05) is 42.8 Å². The van der Waals surface area contributed by atoms with Crippen molar-refractivity contribution in [1.29, 1.82) is 0 Å². The van der Waals surface area contributed by atoms with E-state index in [9.17, 15) is 18.0 Å². The molecule has 0 unspecified atom stereocenters. The van der Waals surface area contributed by atoms with Crippen molar-refractivity contribution in [3.05, 3.63) is 76.6 Å². The molecule has 158 valence electrons. The zero-order chi connectivity index (χ0) is 21.9. The average molecular weight is 417 g/mol. The van der Waals surface area contributed by atoms with Gasteiger partial charge in [0.15, 0.2) is 6.61 Å². The van der Waals surface area contributed by atoms with Gasteiger partial charge in [-0.05, 0) is 50.1 Å². The summed E-state index contributed by atoms with van der Waals surface area (Å²) in [5.74, 6) is -0.474. The Morgan fingerprint density at radius 3 is 2.53 bits per heavy atom.